The minimum atomic E-state index is -0.654. The van der Waals surface area contributed by atoms with Gasteiger partial charge in [-0.2, -0.15) is 10.4 Å². The highest BCUT2D eigenvalue weighted by atomic mass is 16.6. The fraction of sp³-hybridized carbons (Fsp3) is 0.500. The predicted molar refractivity (Wildman–Crippen MR) is 142 cm³/mol. The van der Waals surface area contributed by atoms with Crippen molar-refractivity contribution in [1.82, 2.24) is 14.9 Å². The number of carbonyl (C=O) groups is 1. The van der Waals surface area contributed by atoms with E-state index < -0.39 is 11.7 Å². The molecule has 9 nitrogen and oxygen atoms in total. The number of aromatic nitrogens is 3. The van der Waals surface area contributed by atoms with E-state index in [9.17, 15) is 10.1 Å². The van der Waals surface area contributed by atoms with Crippen molar-refractivity contribution in [2.75, 3.05) is 17.2 Å². The molecule has 0 unspecified atom stereocenters. The standard InChI is InChI=1S/C28H36N6O3/c1-18(2)34-26(31-27(35)36-28(3,4)5)23(17-29)25(32-34)21-11-9-19(10-12-21)13-14-30-24-16-22(33-37-24)15-20-7-6-8-20/h9-12,16,18,20,30H,6-8,13-15H2,1-5H3,(H,31,35). The number of hydrogen-bond acceptors (Lipinski definition) is 7. The molecule has 0 saturated heterocycles. The molecule has 0 radical (unpaired) electrons. The third-order valence-electron chi connectivity index (χ3n) is 6.35. The number of nitrogens with zero attached hydrogens (tertiary/aromatic N) is 4. The molecule has 0 atom stereocenters. The molecule has 1 fully saturated rings. The second-order valence-corrected chi connectivity index (χ2v) is 10.9. The summed E-state index contributed by atoms with van der Waals surface area (Å²) in [6, 6.07) is 12.1. The molecule has 1 aliphatic rings. The number of hydrogen-bond donors (Lipinski definition) is 2. The Morgan fingerprint density at radius 2 is 2.00 bits per heavy atom. The zero-order valence-electron chi connectivity index (χ0n) is 22.3. The fourth-order valence-corrected chi connectivity index (χ4v) is 4.28. The molecule has 196 valence electrons. The molecule has 9 heteroatoms. The molecule has 0 spiro atoms. The lowest BCUT2D eigenvalue weighted by Crippen LogP contribution is -2.28. The van der Waals surface area contributed by atoms with Crippen molar-refractivity contribution >= 4 is 17.8 Å². The average Bonchev–Trinajstić information content (AvgIpc) is 3.40. The first kappa shape index (κ1) is 26.3. The number of carbonyl (C=O) groups excluding carboxylic acids is 1. The zero-order chi connectivity index (χ0) is 26.6. The molecule has 0 aliphatic heterocycles. The van der Waals surface area contributed by atoms with E-state index in [1.165, 1.54) is 19.3 Å². The van der Waals surface area contributed by atoms with Crippen molar-refractivity contribution in [3.05, 3.63) is 47.2 Å². The van der Waals surface area contributed by atoms with E-state index in [0.29, 0.717) is 29.5 Å². The Morgan fingerprint density at radius 1 is 1.27 bits per heavy atom. The topological polar surface area (TPSA) is 118 Å². The van der Waals surface area contributed by atoms with Crippen molar-refractivity contribution in [3.8, 4) is 17.3 Å². The number of anilines is 2. The van der Waals surface area contributed by atoms with Gasteiger partial charge in [0.25, 0.3) is 0 Å². The first-order valence-corrected chi connectivity index (χ1v) is 12.9. The summed E-state index contributed by atoms with van der Waals surface area (Å²) in [5, 5.41) is 24.8. The van der Waals surface area contributed by atoms with Crippen molar-refractivity contribution in [2.45, 2.75) is 78.4 Å². The molecular formula is C28H36N6O3. The van der Waals surface area contributed by atoms with Gasteiger partial charge in [-0.05, 0) is 58.9 Å². The maximum absolute atomic E-state index is 12.4. The monoisotopic (exact) mass is 504 g/mol. The van der Waals surface area contributed by atoms with Crippen LogP contribution in [0, 0.1) is 17.2 Å². The quantitative estimate of drug-likeness (QED) is 0.349. The van der Waals surface area contributed by atoms with Gasteiger partial charge in [-0.1, -0.05) is 48.7 Å². The molecule has 2 aromatic heterocycles. The summed E-state index contributed by atoms with van der Waals surface area (Å²) >= 11 is 0. The Hall–Kier alpha value is -3.80. The number of amides is 1. The molecule has 4 rings (SSSR count). The number of nitriles is 1. The van der Waals surface area contributed by atoms with E-state index in [1.807, 2.05) is 44.2 Å². The van der Waals surface area contributed by atoms with Crippen LogP contribution >= 0.6 is 0 Å². The number of nitrogens with one attached hydrogen (secondary N) is 2. The lowest BCUT2D eigenvalue weighted by Gasteiger charge is -2.23. The highest BCUT2D eigenvalue weighted by Gasteiger charge is 2.25. The molecule has 1 amide bonds. The summed E-state index contributed by atoms with van der Waals surface area (Å²) in [6.45, 7) is 9.97. The van der Waals surface area contributed by atoms with Crippen LogP contribution in [0.3, 0.4) is 0 Å². The lowest BCUT2D eigenvalue weighted by molar-refractivity contribution is 0.0634. The molecular weight excluding hydrogens is 468 g/mol. The summed E-state index contributed by atoms with van der Waals surface area (Å²) in [5.41, 5.74) is 3.13. The molecule has 2 N–H and O–H groups in total. The van der Waals surface area contributed by atoms with Crippen LogP contribution in [0.25, 0.3) is 11.3 Å². The van der Waals surface area contributed by atoms with E-state index in [1.54, 1.807) is 25.5 Å². The fourth-order valence-electron chi connectivity index (χ4n) is 4.28. The van der Waals surface area contributed by atoms with E-state index in [2.05, 4.69) is 27.0 Å². The Kier molecular flexibility index (Phi) is 7.86. The van der Waals surface area contributed by atoms with Crippen LogP contribution in [0.2, 0.25) is 0 Å². The summed E-state index contributed by atoms with van der Waals surface area (Å²) in [7, 11) is 0. The maximum Gasteiger partial charge on any atom is 0.413 e. The van der Waals surface area contributed by atoms with Gasteiger partial charge in [0.2, 0.25) is 5.88 Å². The van der Waals surface area contributed by atoms with Crippen LogP contribution in [0.15, 0.2) is 34.9 Å². The molecule has 37 heavy (non-hydrogen) atoms. The molecule has 1 saturated carbocycles. The number of benzene rings is 1. The Morgan fingerprint density at radius 3 is 2.59 bits per heavy atom. The van der Waals surface area contributed by atoms with Crippen LogP contribution in [0.4, 0.5) is 16.5 Å². The van der Waals surface area contributed by atoms with Crippen LogP contribution in [-0.2, 0) is 17.6 Å². The van der Waals surface area contributed by atoms with Crippen LogP contribution in [-0.4, -0.2) is 33.2 Å². The Balaban J connectivity index is 1.41. The van der Waals surface area contributed by atoms with Crippen LogP contribution in [0.5, 0.6) is 0 Å². The molecule has 0 bridgehead atoms. The van der Waals surface area contributed by atoms with Crippen molar-refractivity contribution < 1.29 is 14.1 Å². The van der Waals surface area contributed by atoms with E-state index in [4.69, 9.17) is 9.26 Å². The number of rotatable bonds is 9. The minimum Gasteiger partial charge on any atom is -0.444 e. The largest absolute Gasteiger partial charge is 0.444 e. The van der Waals surface area contributed by atoms with Crippen molar-refractivity contribution in [1.29, 1.82) is 5.26 Å². The first-order valence-electron chi connectivity index (χ1n) is 12.9. The summed E-state index contributed by atoms with van der Waals surface area (Å²) < 4.78 is 12.5. The SMILES string of the molecule is CC(C)n1nc(-c2ccc(CCNc3cc(CC4CCC4)no3)cc2)c(C#N)c1NC(=O)OC(C)(C)C. The highest BCUT2D eigenvalue weighted by Crippen LogP contribution is 2.32. The summed E-state index contributed by atoms with van der Waals surface area (Å²) in [5.74, 6) is 1.79. The summed E-state index contributed by atoms with van der Waals surface area (Å²) in [6.07, 6.45) is 5.09. The molecule has 1 aromatic carbocycles. The van der Waals surface area contributed by atoms with E-state index in [0.717, 1.165) is 35.6 Å². The maximum atomic E-state index is 12.4. The van der Waals surface area contributed by atoms with Gasteiger partial charge in [0.05, 0.1) is 5.69 Å². The first-order chi connectivity index (χ1) is 17.6. The average molecular weight is 505 g/mol. The smallest absolute Gasteiger partial charge is 0.413 e. The predicted octanol–water partition coefficient (Wildman–Crippen LogP) is 6.33. The highest BCUT2D eigenvalue weighted by molar-refractivity contribution is 5.88. The van der Waals surface area contributed by atoms with Gasteiger partial charge in [0.15, 0.2) is 5.82 Å². The Bertz CT molecular complexity index is 1260. The zero-order valence-corrected chi connectivity index (χ0v) is 22.3. The van der Waals surface area contributed by atoms with Gasteiger partial charge in [-0.15, -0.1) is 0 Å². The Labute approximate surface area is 218 Å². The third kappa shape index (κ3) is 6.70. The van der Waals surface area contributed by atoms with Crippen molar-refractivity contribution in [3.63, 3.8) is 0 Å². The van der Waals surface area contributed by atoms with Crippen LogP contribution < -0.4 is 10.6 Å². The van der Waals surface area contributed by atoms with Crippen LogP contribution in [0.1, 0.15) is 76.7 Å². The third-order valence-corrected chi connectivity index (χ3v) is 6.35. The van der Waals surface area contributed by atoms with Gasteiger partial charge in [0.1, 0.15) is 22.9 Å². The summed E-state index contributed by atoms with van der Waals surface area (Å²) in [4.78, 5) is 12.4. The molecule has 2 heterocycles. The number of ether oxygens (including phenoxy) is 1. The normalized spacial score (nSPS) is 13.8. The second kappa shape index (κ2) is 11.1. The van der Waals surface area contributed by atoms with Gasteiger partial charge in [0, 0.05) is 24.2 Å². The second-order valence-electron chi connectivity index (χ2n) is 10.9. The molecule has 3 aromatic rings. The van der Waals surface area contributed by atoms with E-state index >= 15 is 0 Å². The van der Waals surface area contributed by atoms with Gasteiger partial charge in [-0.3, -0.25) is 5.32 Å². The van der Waals surface area contributed by atoms with Gasteiger partial charge < -0.3 is 14.6 Å². The van der Waals surface area contributed by atoms with Gasteiger partial charge in [-0.25, -0.2) is 9.48 Å². The lowest BCUT2D eigenvalue weighted by atomic mass is 9.82. The van der Waals surface area contributed by atoms with Gasteiger partial charge >= 0.3 is 6.09 Å². The van der Waals surface area contributed by atoms with Crippen molar-refractivity contribution in [2.24, 2.45) is 5.92 Å². The molecule has 1 aliphatic carbocycles. The van der Waals surface area contributed by atoms with E-state index in [-0.39, 0.29) is 6.04 Å². The minimum absolute atomic E-state index is 0.0681.